The van der Waals surface area contributed by atoms with E-state index in [0.29, 0.717) is 0 Å². The molecule has 1 rings (SSSR count). The summed E-state index contributed by atoms with van der Waals surface area (Å²) in [5, 5.41) is 0. The fourth-order valence-electron chi connectivity index (χ4n) is 1.40. The Labute approximate surface area is 121 Å². The van der Waals surface area contributed by atoms with Crippen molar-refractivity contribution in [3.05, 3.63) is 34.9 Å². The maximum absolute atomic E-state index is 13.5. The highest BCUT2D eigenvalue weighted by molar-refractivity contribution is 5.85. The van der Waals surface area contributed by atoms with E-state index in [-0.39, 0.29) is 18.5 Å². The van der Waals surface area contributed by atoms with Crippen molar-refractivity contribution in [3.8, 4) is 0 Å². The molecule has 1 aromatic rings. The Kier molecular flexibility index (Phi) is 6.50. The van der Waals surface area contributed by atoms with Crippen molar-refractivity contribution in [2.45, 2.75) is 18.9 Å². The summed E-state index contributed by atoms with van der Waals surface area (Å²) in [4.78, 5) is 11.0. The Morgan fingerprint density at radius 1 is 1.24 bits per heavy atom. The summed E-state index contributed by atoms with van der Waals surface area (Å²) in [6.07, 6.45) is 0. The van der Waals surface area contributed by atoms with Crippen molar-refractivity contribution in [1.29, 1.82) is 0 Å². The summed E-state index contributed by atoms with van der Waals surface area (Å²) < 4.78 is 83.5. The molecule has 0 aliphatic rings. The molecule has 0 aliphatic carbocycles. The SMILES string of the molecule is CCOC(=O)C(F)(F)[C@H](N)c1c(F)c(F)cc(F)c1F.Cl. The van der Waals surface area contributed by atoms with Crippen molar-refractivity contribution < 1.29 is 35.9 Å². The topological polar surface area (TPSA) is 52.3 Å². The molecule has 0 unspecified atom stereocenters. The van der Waals surface area contributed by atoms with Crippen LogP contribution in [0.15, 0.2) is 6.07 Å². The van der Waals surface area contributed by atoms with E-state index in [1.54, 1.807) is 0 Å². The lowest BCUT2D eigenvalue weighted by atomic mass is 9.99. The van der Waals surface area contributed by atoms with Gasteiger partial charge in [0.1, 0.15) is 6.04 Å². The molecule has 1 atom stereocenters. The third kappa shape index (κ3) is 3.59. The molecule has 0 spiro atoms. The number of alkyl halides is 2. The Bertz CT molecular complexity index is 514. The zero-order valence-electron chi connectivity index (χ0n) is 10.4. The fourth-order valence-corrected chi connectivity index (χ4v) is 1.40. The molecule has 0 saturated heterocycles. The Hall–Kier alpha value is -1.48. The highest BCUT2D eigenvalue weighted by atomic mass is 35.5. The molecule has 21 heavy (non-hydrogen) atoms. The first-order valence-corrected chi connectivity index (χ1v) is 5.28. The van der Waals surface area contributed by atoms with Gasteiger partial charge in [-0.2, -0.15) is 8.78 Å². The van der Waals surface area contributed by atoms with Gasteiger partial charge >= 0.3 is 11.9 Å². The third-order valence-corrected chi connectivity index (χ3v) is 2.39. The Balaban J connectivity index is 0.00000400. The lowest BCUT2D eigenvalue weighted by Crippen LogP contribution is -2.42. The molecule has 120 valence electrons. The second-order valence-electron chi connectivity index (χ2n) is 3.70. The predicted octanol–water partition coefficient (Wildman–Crippen LogP) is 2.86. The first kappa shape index (κ1) is 19.5. The first-order chi connectivity index (χ1) is 9.14. The van der Waals surface area contributed by atoms with Crippen molar-refractivity contribution in [2.24, 2.45) is 5.73 Å². The van der Waals surface area contributed by atoms with Crippen LogP contribution >= 0.6 is 12.4 Å². The van der Waals surface area contributed by atoms with Crippen molar-refractivity contribution in [2.75, 3.05) is 6.61 Å². The molecule has 1 aromatic carbocycles. The number of nitrogens with two attached hydrogens (primary N) is 1. The molecule has 2 N–H and O–H groups in total. The second kappa shape index (κ2) is 6.99. The number of hydrogen-bond donors (Lipinski definition) is 1. The number of esters is 1. The molecule has 0 saturated carbocycles. The van der Waals surface area contributed by atoms with Gasteiger partial charge in [-0.05, 0) is 6.92 Å². The number of rotatable bonds is 4. The summed E-state index contributed by atoms with van der Waals surface area (Å²) in [5.41, 5.74) is 3.12. The van der Waals surface area contributed by atoms with E-state index in [1.165, 1.54) is 6.92 Å². The minimum atomic E-state index is -4.56. The van der Waals surface area contributed by atoms with Crippen molar-refractivity contribution >= 4 is 18.4 Å². The van der Waals surface area contributed by atoms with E-state index in [9.17, 15) is 31.1 Å². The van der Waals surface area contributed by atoms with Gasteiger partial charge in [-0.1, -0.05) is 0 Å². The zero-order chi connectivity index (χ0) is 15.7. The molecule has 0 aliphatic heterocycles. The van der Waals surface area contributed by atoms with E-state index in [1.807, 2.05) is 0 Å². The molecule has 0 radical (unpaired) electrons. The third-order valence-electron chi connectivity index (χ3n) is 2.39. The number of carbonyl (C=O) groups is 1. The highest BCUT2D eigenvalue weighted by Gasteiger charge is 2.50. The van der Waals surface area contributed by atoms with E-state index >= 15 is 0 Å². The van der Waals surface area contributed by atoms with E-state index in [2.05, 4.69) is 4.74 Å². The first-order valence-electron chi connectivity index (χ1n) is 5.28. The summed E-state index contributed by atoms with van der Waals surface area (Å²) in [6, 6.07) is -3.10. The van der Waals surface area contributed by atoms with Crippen molar-refractivity contribution in [3.63, 3.8) is 0 Å². The number of ether oxygens (including phenoxy) is 1. The molecule has 0 heterocycles. The van der Waals surface area contributed by atoms with Gasteiger partial charge in [0.25, 0.3) is 0 Å². The monoisotopic (exact) mass is 337 g/mol. The van der Waals surface area contributed by atoms with E-state index in [0.717, 1.165) is 0 Å². The summed E-state index contributed by atoms with van der Waals surface area (Å²) in [7, 11) is 0. The van der Waals surface area contributed by atoms with E-state index in [4.69, 9.17) is 5.73 Å². The Morgan fingerprint density at radius 2 is 1.67 bits per heavy atom. The quantitative estimate of drug-likeness (QED) is 0.522. The number of carbonyl (C=O) groups excluding carboxylic acids is 1. The average Bonchev–Trinajstić information content (AvgIpc) is 2.36. The van der Waals surface area contributed by atoms with Gasteiger partial charge in [0.2, 0.25) is 0 Å². The summed E-state index contributed by atoms with van der Waals surface area (Å²) in [6.45, 7) is 0.770. The van der Waals surface area contributed by atoms with Crippen LogP contribution in [0.4, 0.5) is 26.3 Å². The molecular weight excluding hydrogens is 328 g/mol. The molecule has 0 aromatic heterocycles. The highest BCUT2D eigenvalue weighted by Crippen LogP contribution is 2.35. The Morgan fingerprint density at radius 3 is 2.05 bits per heavy atom. The zero-order valence-corrected chi connectivity index (χ0v) is 11.2. The van der Waals surface area contributed by atoms with Gasteiger partial charge in [-0.15, -0.1) is 12.4 Å². The summed E-state index contributed by atoms with van der Waals surface area (Å²) >= 11 is 0. The minimum Gasteiger partial charge on any atom is -0.462 e. The van der Waals surface area contributed by atoms with Gasteiger partial charge in [-0.25, -0.2) is 22.4 Å². The molecule has 10 heteroatoms. The second-order valence-corrected chi connectivity index (χ2v) is 3.70. The molecule has 0 fully saturated rings. The summed E-state index contributed by atoms with van der Waals surface area (Å²) in [5.74, 6) is -14.7. The normalized spacial score (nSPS) is 12.6. The van der Waals surface area contributed by atoms with Crippen LogP contribution < -0.4 is 5.73 Å². The van der Waals surface area contributed by atoms with Gasteiger partial charge in [0.05, 0.1) is 12.2 Å². The lowest BCUT2D eigenvalue weighted by molar-refractivity contribution is -0.175. The fraction of sp³-hybridized carbons (Fsp3) is 0.364. The van der Waals surface area contributed by atoms with Crippen LogP contribution in [-0.2, 0) is 9.53 Å². The average molecular weight is 338 g/mol. The smallest absolute Gasteiger partial charge is 0.379 e. The number of hydrogen-bond acceptors (Lipinski definition) is 3. The van der Waals surface area contributed by atoms with Crippen LogP contribution in [0.25, 0.3) is 0 Å². The van der Waals surface area contributed by atoms with Gasteiger partial charge < -0.3 is 10.5 Å². The van der Waals surface area contributed by atoms with Crippen LogP contribution in [-0.4, -0.2) is 18.5 Å². The largest absolute Gasteiger partial charge is 0.462 e. The predicted molar refractivity (Wildman–Crippen MR) is 62.0 cm³/mol. The maximum Gasteiger partial charge on any atom is 0.379 e. The van der Waals surface area contributed by atoms with Gasteiger partial charge in [-0.3, -0.25) is 0 Å². The van der Waals surface area contributed by atoms with E-state index < -0.39 is 53.4 Å². The molecule has 0 amide bonds. The molecule has 3 nitrogen and oxygen atoms in total. The van der Waals surface area contributed by atoms with Gasteiger partial charge in [0, 0.05) is 6.07 Å². The van der Waals surface area contributed by atoms with Crippen LogP contribution in [0.2, 0.25) is 0 Å². The molecular formula is C11H10ClF6NO2. The lowest BCUT2D eigenvalue weighted by Gasteiger charge is -2.22. The van der Waals surface area contributed by atoms with Crippen LogP contribution in [0.5, 0.6) is 0 Å². The van der Waals surface area contributed by atoms with Crippen LogP contribution in [0.3, 0.4) is 0 Å². The van der Waals surface area contributed by atoms with Crippen molar-refractivity contribution in [1.82, 2.24) is 0 Å². The van der Waals surface area contributed by atoms with Gasteiger partial charge in [0.15, 0.2) is 23.3 Å². The number of benzene rings is 1. The number of halogens is 7. The van der Waals surface area contributed by atoms with Crippen LogP contribution in [0, 0.1) is 23.3 Å². The standard InChI is InChI=1S/C11H9F6NO2.ClH/c1-2-20-10(19)11(16,17)9(18)6-7(14)4(12)3-5(13)8(6)15;/h3,9H,2,18H2,1H3;1H/t9-;/m1./s1. The molecule has 0 bridgehead atoms. The maximum atomic E-state index is 13.5. The minimum absolute atomic E-state index is 0. The van der Waals surface area contributed by atoms with Crippen LogP contribution in [0.1, 0.15) is 18.5 Å².